The van der Waals surface area contributed by atoms with Crippen molar-refractivity contribution in [1.29, 1.82) is 0 Å². The Hall–Kier alpha value is -2.82. The van der Waals surface area contributed by atoms with E-state index in [0.717, 1.165) is 42.4 Å². The van der Waals surface area contributed by atoms with Gasteiger partial charge >= 0.3 is 0 Å². The van der Waals surface area contributed by atoms with E-state index in [9.17, 15) is 9.59 Å². The Bertz CT molecular complexity index is 872. The second kappa shape index (κ2) is 11.0. The molecule has 0 aromatic heterocycles. The molecular weight excluding hydrogens is 388 g/mol. The van der Waals surface area contributed by atoms with Gasteiger partial charge in [-0.1, -0.05) is 67.8 Å². The van der Waals surface area contributed by atoms with E-state index >= 15 is 0 Å². The highest BCUT2D eigenvalue weighted by atomic mass is 16.5. The van der Waals surface area contributed by atoms with Crippen LogP contribution in [0.5, 0.6) is 5.75 Å². The Kier molecular flexibility index (Phi) is 8.10. The van der Waals surface area contributed by atoms with Crippen molar-refractivity contribution in [2.45, 2.75) is 71.5 Å². The number of nitrogens with zero attached hydrogens (tertiary/aromatic N) is 1. The molecule has 5 heteroatoms. The van der Waals surface area contributed by atoms with Gasteiger partial charge in [0.25, 0.3) is 5.91 Å². The van der Waals surface area contributed by atoms with Gasteiger partial charge < -0.3 is 15.0 Å². The number of para-hydroxylation sites is 1. The van der Waals surface area contributed by atoms with Gasteiger partial charge in [-0.25, -0.2) is 0 Å². The van der Waals surface area contributed by atoms with Gasteiger partial charge in [-0.2, -0.15) is 0 Å². The number of nitrogens with one attached hydrogen (secondary N) is 1. The standard InChI is InChI=1S/C26H34N2O3/c1-4-23(26(30)27-22-10-6-7-11-22)28(17-21-15-13-19(2)14-16-21)25(29)18-31-24-12-8-5-9-20(24)3/h5,8-9,12-16,22-23H,4,6-7,10-11,17-18H2,1-3H3,(H,27,30). The average molecular weight is 423 g/mol. The van der Waals surface area contributed by atoms with Crippen molar-refractivity contribution >= 4 is 11.8 Å². The van der Waals surface area contributed by atoms with Crippen molar-refractivity contribution in [1.82, 2.24) is 10.2 Å². The van der Waals surface area contributed by atoms with Crippen LogP contribution in [0.1, 0.15) is 55.7 Å². The topological polar surface area (TPSA) is 58.6 Å². The number of carbonyl (C=O) groups excluding carboxylic acids is 2. The molecule has 2 amide bonds. The molecule has 0 spiro atoms. The quantitative estimate of drug-likeness (QED) is 0.645. The summed E-state index contributed by atoms with van der Waals surface area (Å²) in [5.74, 6) is 0.442. The minimum Gasteiger partial charge on any atom is -0.484 e. The minimum atomic E-state index is -0.519. The molecule has 1 unspecified atom stereocenters. The fourth-order valence-electron chi connectivity index (χ4n) is 4.12. The maximum absolute atomic E-state index is 13.3. The van der Waals surface area contributed by atoms with Crippen LogP contribution in [0.4, 0.5) is 0 Å². The first kappa shape index (κ1) is 22.9. The maximum atomic E-state index is 13.3. The fraction of sp³-hybridized carbons (Fsp3) is 0.462. The van der Waals surface area contributed by atoms with E-state index in [1.54, 1.807) is 4.90 Å². The summed E-state index contributed by atoms with van der Waals surface area (Å²) in [5, 5.41) is 3.17. The molecule has 1 aliphatic rings. The summed E-state index contributed by atoms with van der Waals surface area (Å²) in [5.41, 5.74) is 3.14. The summed E-state index contributed by atoms with van der Waals surface area (Å²) in [6.07, 6.45) is 4.89. The van der Waals surface area contributed by atoms with E-state index < -0.39 is 6.04 Å². The molecule has 2 aromatic rings. The molecule has 3 rings (SSSR count). The summed E-state index contributed by atoms with van der Waals surface area (Å²) < 4.78 is 5.82. The van der Waals surface area contributed by atoms with Crippen LogP contribution in [-0.2, 0) is 16.1 Å². The Morgan fingerprint density at radius 3 is 2.39 bits per heavy atom. The first-order chi connectivity index (χ1) is 15.0. The van der Waals surface area contributed by atoms with E-state index in [2.05, 4.69) is 5.32 Å². The van der Waals surface area contributed by atoms with Gasteiger partial charge in [-0.05, 0) is 50.3 Å². The molecule has 5 nitrogen and oxygen atoms in total. The van der Waals surface area contributed by atoms with E-state index in [-0.39, 0.29) is 24.5 Å². The number of carbonyl (C=O) groups is 2. The molecule has 2 aromatic carbocycles. The van der Waals surface area contributed by atoms with Crippen LogP contribution in [0.2, 0.25) is 0 Å². The molecule has 166 valence electrons. The Labute approximate surface area is 185 Å². The highest BCUT2D eigenvalue weighted by molar-refractivity contribution is 5.88. The summed E-state index contributed by atoms with van der Waals surface area (Å²) in [6, 6.07) is 15.4. The van der Waals surface area contributed by atoms with Gasteiger partial charge in [0.15, 0.2) is 6.61 Å². The third-order valence-electron chi connectivity index (χ3n) is 6.01. The van der Waals surface area contributed by atoms with Crippen molar-refractivity contribution in [3.8, 4) is 5.75 Å². The second-order valence-electron chi connectivity index (χ2n) is 8.48. The third-order valence-corrected chi connectivity index (χ3v) is 6.01. The van der Waals surface area contributed by atoms with Crippen molar-refractivity contribution in [3.63, 3.8) is 0 Å². The Morgan fingerprint density at radius 1 is 1.06 bits per heavy atom. The monoisotopic (exact) mass is 422 g/mol. The molecule has 0 saturated heterocycles. The van der Waals surface area contributed by atoms with Crippen molar-refractivity contribution in [2.75, 3.05) is 6.61 Å². The van der Waals surface area contributed by atoms with Gasteiger partial charge in [0.05, 0.1) is 0 Å². The summed E-state index contributed by atoms with van der Waals surface area (Å²) in [6.45, 7) is 6.23. The van der Waals surface area contributed by atoms with Crippen LogP contribution in [0.15, 0.2) is 48.5 Å². The highest BCUT2D eigenvalue weighted by Gasteiger charge is 2.30. The zero-order valence-corrected chi connectivity index (χ0v) is 18.9. The first-order valence-electron chi connectivity index (χ1n) is 11.3. The molecule has 0 aliphatic heterocycles. The minimum absolute atomic E-state index is 0.0641. The Morgan fingerprint density at radius 2 is 1.74 bits per heavy atom. The highest BCUT2D eigenvalue weighted by Crippen LogP contribution is 2.20. The second-order valence-corrected chi connectivity index (χ2v) is 8.48. The molecular formula is C26H34N2O3. The number of ether oxygens (including phenoxy) is 1. The van der Waals surface area contributed by atoms with Crippen LogP contribution in [0, 0.1) is 13.8 Å². The molecule has 1 N–H and O–H groups in total. The maximum Gasteiger partial charge on any atom is 0.261 e. The van der Waals surface area contributed by atoms with E-state index in [4.69, 9.17) is 4.74 Å². The average Bonchev–Trinajstić information content (AvgIpc) is 3.27. The number of rotatable bonds is 9. The number of benzene rings is 2. The summed E-state index contributed by atoms with van der Waals surface area (Å²) in [4.78, 5) is 28.0. The zero-order valence-electron chi connectivity index (χ0n) is 18.9. The molecule has 1 atom stereocenters. The lowest BCUT2D eigenvalue weighted by molar-refractivity contribution is -0.143. The van der Waals surface area contributed by atoms with E-state index in [1.807, 2.05) is 69.3 Å². The largest absolute Gasteiger partial charge is 0.484 e. The van der Waals surface area contributed by atoms with Crippen LogP contribution in [-0.4, -0.2) is 35.4 Å². The number of aryl methyl sites for hydroxylation is 2. The van der Waals surface area contributed by atoms with Crippen molar-refractivity contribution in [2.24, 2.45) is 0 Å². The zero-order chi connectivity index (χ0) is 22.2. The lowest BCUT2D eigenvalue weighted by Gasteiger charge is -2.31. The lowest BCUT2D eigenvalue weighted by atomic mass is 10.1. The predicted octanol–water partition coefficient (Wildman–Crippen LogP) is 4.55. The number of hydrogen-bond donors (Lipinski definition) is 1. The molecule has 0 bridgehead atoms. The number of amides is 2. The molecule has 31 heavy (non-hydrogen) atoms. The normalized spacial score (nSPS) is 14.8. The van der Waals surface area contributed by atoms with E-state index in [1.165, 1.54) is 0 Å². The first-order valence-corrected chi connectivity index (χ1v) is 11.3. The SMILES string of the molecule is CCC(C(=O)NC1CCCC1)N(Cc1ccc(C)cc1)C(=O)COc1ccccc1C. The summed E-state index contributed by atoms with van der Waals surface area (Å²) >= 11 is 0. The summed E-state index contributed by atoms with van der Waals surface area (Å²) in [7, 11) is 0. The number of hydrogen-bond acceptors (Lipinski definition) is 3. The molecule has 1 aliphatic carbocycles. The lowest BCUT2D eigenvalue weighted by Crippen LogP contribution is -2.52. The Balaban J connectivity index is 1.76. The van der Waals surface area contributed by atoms with Crippen LogP contribution in [0.25, 0.3) is 0 Å². The van der Waals surface area contributed by atoms with E-state index in [0.29, 0.717) is 18.7 Å². The fourth-order valence-corrected chi connectivity index (χ4v) is 4.12. The van der Waals surface area contributed by atoms with Crippen LogP contribution in [0.3, 0.4) is 0 Å². The van der Waals surface area contributed by atoms with Crippen LogP contribution < -0.4 is 10.1 Å². The van der Waals surface area contributed by atoms with Gasteiger partial charge in [0, 0.05) is 12.6 Å². The van der Waals surface area contributed by atoms with Gasteiger partial charge in [0.2, 0.25) is 5.91 Å². The molecule has 0 radical (unpaired) electrons. The predicted molar refractivity (Wildman–Crippen MR) is 123 cm³/mol. The molecule has 1 saturated carbocycles. The molecule has 0 heterocycles. The van der Waals surface area contributed by atoms with Crippen molar-refractivity contribution in [3.05, 3.63) is 65.2 Å². The van der Waals surface area contributed by atoms with Crippen LogP contribution >= 0.6 is 0 Å². The van der Waals surface area contributed by atoms with Gasteiger partial charge in [-0.3, -0.25) is 9.59 Å². The molecule has 1 fully saturated rings. The smallest absolute Gasteiger partial charge is 0.261 e. The van der Waals surface area contributed by atoms with Gasteiger partial charge in [0.1, 0.15) is 11.8 Å². The van der Waals surface area contributed by atoms with Gasteiger partial charge in [-0.15, -0.1) is 0 Å². The third kappa shape index (κ3) is 6.33. The van der Waals surface area contributed by atoms with Crippen molar-refractivity contribution < 1.29 is 14.3 Å².